The SMILES string of the molecule is CCC(O)C(=O)C(=O)[C@@]1(O)[C@H](C)C[C@H]2[C@@H]3CCC4=CC(=O)C(C(=O)CN)=C[C@]4(C)[C@@]3(F)[C@@H](O)C[C@@]21C. The van der Waals surface area contributed by atoms with Gasteiger partial charge < -0.3 is 21.1 Å². The smallest absolute Gasteiger partial charge is 0.233 e. The van der Waals surface area contributed by atoms with E-state index in [-0.39, 0.29) is 31.3 Å². The summed E-state index contributed by atoms with van der Waals surface area (Å²) in [5.74, 6) is -5.43. The molecule has 3 saturated carbocycles. The molecule has 5 N–H and O–H groups in total. The molecule has 0 spiro atoms. The van der Waals surface area contributed by atoms with Crippen molar-refractivity contribution in [2.24, 2.45) is 34.3 Å². The van der Waals surface area contributed by atoms with Crippen molar-refractivity contribution in [3.63, 3.8) is 0 Å². The molecular weight excluding hydrogens is 469 g/mol. The summed E-state index contributed by atoms with van der Waals surface area (Å²) in [4.78, 5) is 50.9. The van der Waals surface area contributed by atoms with E-state index in [4.69, 9.17) is 5.73 Å². The van der Waals surface area contributed by atoms with Gasteiger partial charge in [-0.25, -0.2) is 4.39 Å². The van der Waals surface area contributed by atoms with Crippen molar-refractivity contribution < 1.29 is 38.9 Å². The quantitative estimate of drug-likeness (QED) is 0.309. The Morgan fingerprint density at radius 3 is 2.47 bits per heavy atom. The van der Waals surface area contributed by atoms with E-state index < -0.39 is 81.7 Å². The number of halogens is 1. The molecule has 8 nitrogen and oxygen atoms in total. The fourth-order valence-corrected chi connectivity index (χ4v) is 7.98. The maximum Gasteiger partial charge on any atom is 0.233 e. The van der Waals surface area contributed by atoms with Gasteiger partial charge in [-0.2, -0.15) is 0 Å². The third-order valence-corrected chi connectivity index (χ3v) is 10.1. The first-order chi connectivity index (χ1) is 16.6. The van der Waals surface area contributed by atoms with Gasteiger partial charge in [-0.15, -0.1) is 0 Å². The minimum atomic E-state index is -2.29. The summed E-state index contributed by atoms with van der Waals surface area (Å²) >= 11 is 0. The van der Waals surface area contributed by atoms with Crippen LogP contribution in [0.15, 0.2) is 23.3 Å². The van der Waals surface area contributed by atoms with Crippen LogP contribution in [0.5, 0.6) is 0 Å². The summed E-state index contributed by atoms with van der Waals surface area (Å²) in [5, 5.41) is 33.3. The van der Waals surface area contributed by atoms with Crippen LogP contribution in [-0.2, 0) is 19.2 Å². The van der Waals surface area contributed by atoms with E-state index >= 15 is 4.39 Å². The lowest BCUT2D eigenvalue weighted by Crippen LogP contribution is -2.70. The van der Waals surface area contributed by atoms with Gasteiger partial charge >= 0.3 is 0 Å². The number of rotatable bonds is 6. The highest BCUT2D eigenvalue weighted by atomic mass is 19.1. The van der Waals surface area contributed by atoms with Crippen molar-refractivity contribution in [1.82, 2.24) is 0 Å². The first kappa shape index (κ1) is 27.0. The average Bonchev–Trinajstić information content (AvgIpc) is 3.04. The second-order valence-electron chi connectivity index (χ2n) is 11.6. The molecule has 1 unspecified atom stereocenters. The van der Waals surface area contributed by atoms with E-state index in [0.29, 0.717) is 12.0 Å². The van der Waals surface area contributed by atoms with Gasteiger partial charge in [-0.3, -0.25) is 19.2 Å². The summed E-state index contributed by atoms with van der Waals surface area (Å²) in [6, 6.07) is 0. The summed E-state index contributed by atoms with van der Waals surface area (Å²) < 4.78 is 17.5. The van der Waals surface area contributed by atoms with Gasteiger partial charge in [-0.1, -0.05) is 32.4 Å². The zero-order valence-corrected chi connectivity index (χ0v) is 21.2. The lowest BCUT2D eigenvalue weighted by molar-refractivity contribution is -0.219. The summed E-state index contributed by atoms with van der Waals surface area (Å²) in [6.07, 6.45) is -0.0667. The number of aliphatic hydroxyl groups is 3. The highest BCUT2D eigenvalue weighted by Gasteiger charge is 2.76. The van der Waals surface area contributed by atoms with Crippen molar-refractivity contribution >= 4 is 23.1 Å². The van der Waals surface area contributed by atoms with E-state index in [1.807, 2.05) is 0 Å². The van der Waals surface area contributed by atoms with Crippen LogP contribution >= 0.6 is 0 Å². The van der Waals surface area contributed by atoms with Crippen LogP contribution in [0.1, 0.15) is 59.8 Å². The number of allylic oxidation sites excluding steroid dienone is 3. The molecular formula is C27H36FNO7. The molecule has 0 radical (unpaired) electrons. The molecule has 0 amide bonds. The molecule has 3 fully saturated rings. The monoisotopic (exact) mass is 505 g/mol. The molecule has 0 bridgehead atoms. The maximum absolute atomic E-state index is 17.5. The maximum atomic E-state index is 17.5. The van der Waals surface area contributed by atoms with Crippen LogP contribution in [-0.4, -0.2) is 68.5 Å². The van der Waals surface area contributed by atoms with Gasteiger partial charge in [-0.05, 0) is 56.9 Å². The second kappa shape index (κ2) is 8.48. The Bertz CT molecular complexity index is 1100. The topological polar surface area (TPSA) is 155 Å². The number of Topliss-reactive ketones (excluding diaryl/α,β-unsaturated/α-hetero) is 3. The number of carbonyl (C=O) groups is 4. The summed E-state index contributed by atoms with van der Waals surface area (Å²) in [5.41, 5.74) is -1.50. The molecule has 4 aliphatic rings. The zero-order valence-electron chi connectivity index (χ0n) is 21.2. The van der Waals surface area contributed by atoms with Crippen molar-refractivity contribution in [2.75, 3.05) is 6.54 Å². The normalized spacial score (nSPS) is 44.5. The first-order valence-electron chi connectivity index (χ1n) is 12.7. The van der Waals surface area contributed by atoms with Gasteiger partial charge in [0.2, 0.25) is 11.6 Å². The highest BCUT2D eigenvalue weighted by molar-refractivity contribution is 6.42. The van der Waals surface area contributed by atoms with Crippen molar-refractivity contribution in [2.45, 2.75) is 83.3 Å². The number of hydrogen-bond acceptors (Lipinski definition) is 8. The van der Waals surface area contributed by atoms with Crippen molar-refractivity contribution in [3.05, 3.63) is 23.3 Å². The average molecular weight is 506 g/mol. The number of nitrogens with two attached hydrogens (primary N) is 1. The Kier molecular flexibility index (Phi) is 6.35. The van der Waals surface area contributed by atoms with Crippen molar-refractivity contribution in [1.29, 1.82) is 0 Å². The minimum Gasteiger partial charge on any atom is -0.390 e. The molecule has 4 aliphatic carbocycles. The molecule has 198 valence electrons. The van der Waals surface area contributed by atoms with E-state index in [1.165, 1.54) is 12.2 Å². The third kappa shape index (κ3) is 3.12. The molecule has 9 atom stereocenters. The molecule has 4 rings (SSSR count). The van der Waals surface area contributed by atoms with Crippen LogP contribution in [0.4, 0.5) is 4.39 Å². The Hall–Kier alpha value is -2.07. The number of aliphatic hydroxyl groups excluding tert-OH is 2. The van der Waals surface area contributed by atoms with Gasteiger partial charge in [0.25, 0.3) is 0 Å². The Labute approximate surface area is 209 Å². The molecule has 0 heterocycles. The highest BCUT2D eigenvalue weighted by Crippen LogP contribution is 2.70. The predicted octanol–water partition coefficient (Wildman–Crippen LogP) is 1.14. The van der Waals surface area contributed by atoms with Crippen LogP contribution in [0.2, 0.25) is 0 Å². The van der Waals surface area contributed by atoms with Crippen LogP contribution in [0, 0.1) is 28.6 Å². The van der Waals surface area contributed by atoms with Gasteiger partial charge in [0, 0.05) is 16.7 Å². The summed E-state index contributed by atoms with van der Waals surface area (Å²) in [6.45, 7) is 5.96. The first-order valence-corrected chi connectivity index (χ1v) is 12.7. The van der Waals surface area contributed by atoms with E-state index in [2.05, 4.69) is 0 Å². The number of alkyl halides is 1. The number of ketones is 4. The van der Waals surface area contributed by atoms with Gasteiger partial charge in [0.1, 0.15) is 11.7 Å². The van der Waals surface area contributed by atoms with Crippen molar-refractivity contribution in [3.8, 4) is 0 Å². The van der Waals surface area contributed by atoms with Crippen LogP contribution in [0.3, 0.4) is 0 Å². The second-order valence-corrected chi connectivity index (χ2v) is 11.6. The predicted molar refractivity (Wildman–Crippen MR) is 127 cm³/mol. The van der Waals surface area contributed by atoms with E-state index in [9.17, 15) is 34.5 Å². The molecule has 0 aromatic rings. The largest absolute Gasteiger partial charge is 0.390 e. The number of fused-ring (bicyclic) bond motifs is 5. The lowest BCUT2D eigenvalue weighted by atomic mass is 9.44. The molecule has 9 heteroatoms. The molecule has 36 heavy (non-hydrogen) atoms. The number of carbonyl (C=O) groups excluding carboxylic acids is 4. The molecule has 0 aromatic carbocycles. The fourth-order valence-electron chi connectivity index (χ4n) is 7.98. The lowest BCUT2D eigenvalue weighted by Gasteiger charge is -2.62. The molecule has 0 aliphatic heterocycles. The Morgan fingerprint density at radius 2 is 1.89 bits per heavy atom. The minimum absolute atomic E-state index is 0.0103. The summed E-state index contributed by atoms with van der Waals surface area (Å²) in [7, 11) is 0. The zero-order chi connectivity index (χ0) is 27.0. The van der Waals surface area contributed by atoms with Gasteiger partial charge in [0.15, 0.2) is 17.2 Å². The number of hydrogen-bond donors (Lipinski definition) is 4. The van der Waals surface area contributed by atoms with Crippen LogP contribution in [0.25, 0.3) is 0 Å². The van der Waals surface area contributed by atoms with Gasteiger partial charge in [0.05, 0.1) is 18.2 Å². The van der Waals surface area contributed by atoms with E-state index in [0.717, 1.165) is 0 Å². The standard InChI is InChI=1S/C27H36FNO7/c1-5-18(30)22(34)23(35)27(36)13(2)8-17-16-7-6-14-9-19(31)15(20(32)12-29)10-24(14,3)26(16,28)21(33)11-25(17,27)4/h9-10,13,16-18,21,30,33,36H,5-8,11-12,29H2,1-4H3/t13-,16+,17+,18?,21+,24+,25+,26+,27+/m1/s1. The van der Waals surface area contributed by atoms with Crippen LogP contribution < -0.4 is 5.73 Å². The van der Waals surface area contributed by atoms with E-state index in [1.54, 1.807) is 27.7 Å². The molecule has 0 aromatic heterocycles. The third-order valence-electron chi connectivity index (χ3n) is 10.1. The Balaban J connectivity index is 1.82. The molecule has 0 saturated heterocycles. The Morgan fingerprint density at radius 1 is 1.25 bits per heavy atom. The fraction of sp³-hybridized carbons (Fsp3) is 0.704.